The molecule has 0 spiro atoms. The third kappa shape index (κ3) is 3.18. The van der Waals surface area contributed by atoms with Gasteiger partial charge in [0.15, 0.2) is 0 Å². The average molecular weight is 273 g/mol. The van der Waals surface area contributed by atoms with Gasteiger partial charge in [-0.1, -0.05) is 6.07 Å². The number of carbonyl (C=O) groups excluding carboxylic acids is 1. The molecule has 2 saturated heterocycles. The lowest BCUT2D eigenvalue weighted by Crippen LogP contribution is -2.40. The van der Waals surface area contributed by atoms with E-state index in [0.717, 1.165) is 18.4 Å². The van der Waals surface area contributed by atoms with E-state index >= 15 is 0 Å². The number of aromatic nitrogens is 1. The van der Waals surface area contributed by atoms with Crippen molar-refractivity contribution in [2.45, 2.75) is 57.2 Å². The molecule has 1 aromatic rings. The number of hydrogen-bond donors (Lipinski definition) is 2. The first-order chi connectivity index (χ1) is 9.70. The second kappa shape index (κ2) is 5.92. The van der Waals surface area contributed by atoms with Crippen LogP contribution in [0.15, 0.2) is 24.5 Å². The maximum Gasteiger partial charge on any atom is 0.220 e. The highest BCUT2D eigenvalue weighted by atomic mass is 16.1. The third-order valence-electron chi connectivity index (χ3n) is 4.61. The Bertz CT molecular complexity index is 450. The summed E-state index contributed by atoms with van der Waals surface area (Å²) in [6.07, 6.45) is 9.12. The molecule has 2 aliphatic heterocycles. The molecule has 0 aliphatic carbocycles. The van der Waals surface area contributed by atoms with Gasteiger partial charge in [0.2, 0.25) is 5.91 Å². The first-order valence-corrected chi connectivity index (χ1v) is 7.66. The van der Waals surface area contributed by atoms with Crippen molar-refractivity contribution in [2.24, 2.45) is 5.92 Å². The lowest BCUT2D eigenvalue weighted by Gasteiger charge is -2.29. The van der Waals surface area contributed by atoms with E-state index in [0.29, 0.717) is 24.4 Å². The van der Waals surface area contributed by atoms with E-state index in [1.807, 2.05) is 25.3 Å². The van der Waals surface area contributed by atoms with Crippen LogP contribution in [0.3, 0.4) is 0 Å². The van der Waals surface area contributed by atoms with Crippen molar-refractivity contribution in [3.8, 4) is 0 Å². The van der Waals surface area contributed by atoms with E-state index in [-0.39, 0.29) is 11.9 Å². The number of rotatable bonds is 4. The summed E-state index contributed by atoms with van der Waals surface area (Å²) >= 11 is 0. The van der Waals surface area contributed by atoms with Gasteiger partial charge in [0, 0.05) is 30.9 Å². The molecular formula is C16H23N3O. The van der Waals surface area contributed by atoms with Crippen molar-refractivity contribution in [3.05, 3.63) is 30.1 Å². The standard InChI is InChI=1S/C16H23N3O/c1-11(13-3-2-6-17-10-13)18-16(20)9-12-7-14-4-5-15(8-12)19-14/h2-3,6,10-12,14-15,19H,4-5,7-9H2,1H3,(H,18,20)/t11-,12?,14?,15?/m0/s1. The molecule has 0 radical (unpaired) electrons. The van der Waals surface area contributed by atoms with E-state index in [2.05, 4.69) is 15.6 Å². The van der Waals surface area contributed by atoms with Crippen molar-refractivity contribution in [2.75, 3.05) is 0 Å². The molecule has 2 unspecified atom stereocenters. The van der Waals surface area contributed by atoms with Crippen LogP contribution in [-0.4, -0.2) is 23.0 Å². The van der Waals surface area contributed by atoms with Gasteiger partial charge in [0.25, 0.3) is 0 Å². The molecule has 2 N–H and O–H groups in total. The Labute approximate surface area is 120 Å². The van der Waals surface area contributed by atoms with E-state index in [1.165, 1.54) is 12.8 Å². The second-order valence-electron chi connectivity index (χ2n) is 6.25. The molecule has 1 aromatic heterocycles. The maximum absolute atomic E-state index is 12.2. The molecule has 0 saturated carbocycles. The zero-order chi connectivity index (χ0) is 13.9. The van der Waals surface area contributed by atoms with E-state index in [4.69, 9.17) is 0 Å². The highest BCUT2D eigenvalue weighted by Crippen LogP contribution is 2.32. The van der Waals surface area contributed by atoms with Crippen LogP contribution < -0.4 is 10.6 Å². The highest BCUT2D eigenvalue weighted by Gasteiger charge is 2.34. The average Bonchev–Trinajstić information content (AvgIpc) is 2.78. The molecular weight excluding hydrogens is 250 g/mol. The SMILES string of the molecule is C[C@H](NC(=O)CC1CC2CCC(C1)N2)c1cccnc1. The van der Waals surface area contributed by atoms with Crippen molar-refractivity contribution in [1.29, 1.82) is 0 Å². The van der Waals surface area contributed by atoms with Gasteiger partial charge >= 0.3 is 0 Å². The van der Waals surface area contributed by atoms with Crippen LogP contribution in [0.5, 0.6) is 0 Å². The maximum atomic E-state index is 12.2. The number of amides is 1. The summed E-state index contributed by atoms with van der Waals surface area (Å²) in [5, 5.41) is 6.71. The molecule has 3 rings (SSSR count). The van der Waals surface area contributed by atoms with Gasteiger partial charge < -0.3 is 10.6 Å². The van der Waals surface area contributed by atoms with Crippen molar-refractivity contribution < 1.29 is 4.79 Å². The fourth-order valence-corrected chi connectivity index (χ4v) is 3.62. The van der Waals surface area contributed by atoms with Gasteiger partial charge in [-0.05, 0) is 50.2 Å². The summed E-state index contributed by atoms with van der Waals surface area (Å²) in [5.74, 6) is 0.725. The minimum absolute atomic E-state index is 0.0367. The molecule has 2 bridgehead atoms. The number of carbonyl (C=O) groups is 1. The first-order valence-electron chi connectivity index (χ1n) is 7.66. The number of fused-ring (bicyclic) bond motifs is 2. The van der Waals surface area contributed by atoms with Crippen molar-refractivity contribution in [3.63, 3.8) is 0 Å². The summed E-state index contributed by atoms with van der Waals surface area (Å²) in [4.78, 5) is 16.3. The van der Waals surface area contributed by atoms with Crippen LogP contribution >= 0.6 is 0 Å². The number of nitrogens with zero attached hydrogens (tertiary/aromatic N) is 1. The largest absolute Gasteiger partial charge is 0.350 e. The third-order valence-corrected chi connectivity index (χ3v) is 4.61. The molecule has 4 nitrogen and oxygen atoms in total. The summed E-state index contributed by atoms with van der Waals surface area (Å²) < 4.78 is 0. The summed E-state index contributed by atoms with van der Waals surface area (Å²) in [6.45, 7) is 2.01. The molecule has 4 heteroatoms. The Morgan fingerprint density at radius 2 is 2.20 bits per heavy atom. The van der Waals surface area contributed by atoms with Crippen LogP contribution in [-0.2, 0) is 4.79 Å². The Balaban J connectivity index is 1.50. The topological polar surface area (TPSA) is 54.0 Å². The fourth-order valence-electron chi connectivity index (χ4n) is 3.62. The monoisotopic (exact) mass is 273 g/mol. The Kier molecular flexibility index (Phi) is 4.01. The van der Waals surface area contributed by atoms with Gasteiger partial charge in [-0.15, -0.1) is 0 Å². The summed E-state index contributed by atoms with van der Waals surface area (Å²) in [6, 6.07) is 5.25. The minimum Gasteiger partial charge on any atom is -0.350 e. The highest BCUT2D eigenvalue weighted by molar-refractivity contribution is 5.76. The molecule has 1 amide bonds. The predicted molar refractivity (Wildman–Crippen MR) is 78.1 cm³/mol. The molecule has 3 atom stereocenters. The normalized spacial score (nSPS) is 29.9. The van der Waals surface area contributed by atoms with Crippen molar-refractivity contribution >= 4 is 5.91 Å². The Morgan fingerprint density at radius 1 is 1.45 bits per heavy atom. The van der Waals surface area contributed by atoms with Gasteiger partial charge in [-0.25, -0.2) is 0 Å². The van der Waals surface area contributed by atoms with Crippen LogP contribution in [0.25, 0.3) is 0 Å². The summed E-state index contributed by atoms with van der Waals surface area (Å²) in [5.41, 5.74) is 1.06. The quantitative estimate of drug-likeness (QED) is 0.884. The minimum atomic E-state index is 0.0367. The molecule has 3 heterocycles. The smallest absolute Gasteiger partial charge is 0.220 e. The lowest BCUT2D eigenvalue weighted by molar-refractivity contribution is -0.122. The van der Waals surface area contributed by atoms with Gasteiger partial charge in [-0.3, -0.25) is 9.78 Å². The fraction of sp³-hybridized carbons (Fsp3) is 0.625. The number of pyridine rings is 1. The van der Waals surface area contributed by atoms with E-state index < -0.39 is 0 Å². The molecule has 0 aromatic carbocycles. The Morgan fingerprint density at radius 3 is 2.85 bits per heavy atom. The first kappa shape index (κ1) is 13.6. The van der Waals surface area contributed by atoms with Gasteiger partial charge in [0.05, 0.1) is 6.04 Å². The number of piperidine rings is 1. The van der Waals surface area contributed by atoms with Crippen LogP contribution in [0, 0.1) is 5.92 Å². The predicted octanol–water partition coefficient (Wildman–Crippen LogP) is 2.18. The zero-order valence-electron chi connectivity index (χ0n) is 12.0. The van der Waals surface area contributed by atoms with Gasteiger partial charge in [-0.2, -0.15) is 0 Å². The Hall–Kier alpha value is -1.42. The van der Waals surface area contributed by atoms with Gasteiger partial charge in [0.1, 0.15) is 0 Å². The number of hydrogen-bond acceptors (Lipinski definition) is 3. The van der Waals surface area contributed by atoms with Crippen LogP contribution in [0.2, 0.25) is 0 Å². The molecule has 2 aliphatic rings. The van der Waals surface area contributed by atoms with Crippen LogP contribution in [0.4, 0.5) is 0 Å². The van der Waals surface area contributed by atoms with Crippen molar-refractivity contribution in [1.82, 2.24) is 15.6 Å². The van der Waals surface area contributed by atoms with Crippen LogP contribution in [0.1, 0.15) is 50.6 Å². The van der Waals surface area contributed by atoms with E-state index in [1.54, 1.807) is 6.20 Å². The molecule has 2 fully saturated rings. The number of nitrogens with one attached hydrogen (secondary N) is 2. The zero-order valence-corrected chi connectivity index (χ0v) is 12.0. The molecule has 108 valence electrons. The molecule has 20 heavy (non-hydrogen) atoms. The van der Waals surface area contributed by atoms with E-state index in [9.17, 15) is 4.79 Å². The lowest BCUT2D eigenvalue weighted by atomic mass is 9.89. The summed E-state index contributed by atoms with van der Waals surface area (Å²) in [7, 11) is 0. The second-order valence-corrected chi connectivity index (χ2v) is 6.25.